The molecule has 0 spiro atoms. The predicted molar refractivity (Wildman–Crippen MR) is 130 cm³/mol. The molecule has 0 bridgehead atoms. The fourth-order valence-corrected chi connectivity index (χ4v) is 2.63. The number of aliphatic hydroxyl groups excluding tert-OH is 1. The molecule has 196 valence electrons. The summed E-state index contributed by atoms with van der Waals surface area (Å²) in [4.78, 5) is 31.3. The zero-order valence-corrected chi connectivity index (χ0v) is 21.2. The fraction of sp³-hybridized carbons (Fsp3) is 0.375. The van der Waals surface area contributed by atoms with E-state index in [9.17, 15) is 22.8 Å². The third-order valence-corrected chi connectivity index (χ3v) is 4.87. The Morgan fingerprint density at radius 2 is 1.46 bits per heavy atom. The molecule has 1 rings (SSSR count). The van der Waals surface area contributed by atoms with Crippen LogP contribution < -0.4 is 0 Å². The van der Waals surface area contributed by atoms with Crippen molar-refractivity contribution in [2.24, 2.45) is 0 Å². The Bertz CT molecular complexity index is 918. The second kappa shape index (κ2) is 20.1. The van der Waals surface area contributed by atoms with Gasteiger partial charge in [-0.25, -0.2) is 14.4 Å². The lowest BCUT2D eigenvalue weighted by molar-refractivity contribution is -0.139. The number of aryl methyl sites for hydroxylation is 1. The van der Waals surface area contributed by atoms with Crippen LogP contribution in [0.4, 0.5) is 0 Å². The van der Waals surface area contributed by atoms with Crippen molar-refractivity contribution in [1.29, 1.82) is 0 Å². The molecule has 35 heavy (non-hydrogen) atoms. The van der Waals surface area contributed by atoms with Gasteiger partial charge in [-0.2, -0.15) is 8.42 Å². The van der Waals surface area contributed by atoms with Crippen molar-refractivity contribution in [2.45, 2.75) is 31.6 Å². The van der Waals surface area contributed by atoms with Crippen LogP contribution in [-0.4, -0.2) is 65.0 Å². The average molecular weight is 515 g/mol. The molecule has 0 aliphatic heterocycles. The third-order valence-electron chi connectivity index (χ3n) is 3.54. The van der Waals surface area contributed by atoms with E-state index in [4.69, 9.17) is 9.29 Å². The summed E-state index contributed by atoms with van der Waals surface area (Å²) < 4.78 is 41.6. The van der Waals surface area contributed by atoms with Crippen LogP contribution >= 0.6 is 0 Å². The van der Waals surface area contributed by atoms with E-state index in [-0.39, 0.29) is 30.7 Å². The molecule has 0 aliphatic rings. The molecule has 0 heterocycles. The molecule has 0 fully saturated rings. The van der Waals surface area contributed by atoms with Gasteiger partial charge in [-0.1, -0.05) is 37.4 Å². The van der Waals surface area contributed by atoms with Crippen LogP contribution in [0.3, 0.4) is 0 Å². The minimum Gasteiger partial charge on any atom is -0.466 e. The zero-order valence-electron chi connectivity index (χ0n) is 20.4. The van der Waals surface area contributed by atoms with Gasteiger partial charge >= 0.3 is 17.9 Å². The number of hydrogen-bond acceptors (Lipinski definition) is 10. The summed E-state index contributed by atoms with van der Waals surface area (Å²) in [5.41, 5.74) is 1.39. The Morgan fingerprint density at radius 3 is 1.86 bits per heavy atom. The fourth-order valence-electron chi connectivity index (χ4n) is 1.74. The molecule has 0 aromatic heterocycles. The van der Waals surface area contributed by atoms with Crippen molar-refractivity contribution >= 4 is 28.0 Å². The van der Waals surface area contributed by atoms with Gasteiger partial charge in [0.25, 0.3) is 10.1 Å². The molecule has 0 amide bonds. The van der Waals surface area contributed by atoms with E-state index >= 15 is 0 Å². The maximum atomic E-state index is 11.7. The van der Waals surface area contributed by atoms with E-state index in [1.165, 1.54) is 19.2 Å². The number of esters is 3. The maximum Gasteiger partial charge on any atom is 0.332 e. The number of aliphatic hydroxyl groups is 1. The SMILES string of the molecule is C=C(C)C(=O)OC.C=CC(=O)OCCCCO.C=CC(=O)OCCOS(=O)(=O)c1ccc(C)cc1. The first-order valence-electron chi connectivity index (χ1n) is 10.3. The second-order valence-corrected chi connectivity index (χ2v) is 8.15. The Balaban J connectivity index is 0. The first-order valence-corrected chi connectivity index (χ1v) is 11.7. The number of benzene rings is 1. The summed E-state index contributed by atoms with van der Waals surface area (Å²) in [5, 5.41) is 8.33. The molecule has 1 aromatic carbocycles. The van der Waals surface area contributed by atoms with Crippen LogP contribution in [0.15, 0.2) is 66.6 Å². The van der Waals surface area contributed by atoms with Gasteiger partial charge in [0.1, 0.15) is 13.2 Å². The highest BCUT2D eigenvalue weighted by Gasteiger charge is 2.14. The van der Waals surface area contributed by atoms with E-state index in [1.54, 1.807) is 19.1 Å². The van der Waals surface area contributed by atoms with Crippen LogP contribution in [0.2, 0.25) is 0 Å². The molecular formula is C24H34O10S. The van der Waals surface area contributed by atoms with Gasteiger partial charge in [0.15, 0.2) is 0 Å². The highest BCUT2D eigenvalue weighted by molar-refractivity contribution is 7.86. The van der Waals surface area contributed by atoms with Crippen molar-refractivity contribution < 1.29 is 46.3 Å². The Kier molecular flexibility index (Phi) is 19.5. The summed E-state index contributed by atoms with van der Waals surface area (Å²) >= 11 is 0. The smallest absolute Gasteiger partial charge is 0.332 e. The largest absolute Gasteiger partial charge is 0.466 e. The number of ether oxygens (including phenoxy) is 3. The molecule has 0 saturated carbocycles. The lowest BCUT2D eigenvalue weighted by Gasteiger charge is -2.06. The Labute approximate surface area is 207 Å². The lowest BCUT2D eigenvalue weighted by Crippen LogP contribution is -2.13. The molecule has 10 nitrogen and oxygen atoms in total. The van der Waals surface area contributed by atoms with Gasteiger partial charge in [-0.05, 0) is 38.8 Å². The maximum absolute atomic E-state index is 11.7. The monoisotopic (exact) mass is 514 g/mol. The first-order chi connectivity index (χ1) is 16.4. The van der Waals surface area contributed by atoms with Crippen molar-refractivity contribution in [3.05, 3.63) is 67.3 Å². The van der Waals surface area contributed by atoms with Crippen LogP contribution in [-0.2, 0) is 42.9 Å². The van der Waals surface area contributed by atoms with Crippen LogP contribution in [0.25, 0.3) is 0 Å². The van der Waals surface area contributed by atoms with Gasteiger partial charge in [0.2, 0.25) is 0 Å². The molecule has 0 radical (unpaired) electrons. The standard InChI is InChI=1S/C12H14O5S.C7H12O3.C5H8O2/c1-3-12(13)16-8-9-17-18(14,15)11-6-4-10(2)5-7-11;1-2-7(9)10-6-4-3-5-8;1-4(2)5(6)7-3/h3-7H,1,8-9H2,2H3;2,8H,1,3-6H2;1H2,2-3H3. The number of rotatable bonds is 12. The second-order valence-electron chi connectivity index (χ2n) is 6.54. The zero-order chi connectivity index (χ0) is 27.3. The normalized spacial score (nSPS) is 9.71. The van der Waals surface area contributed by atoms with Crippen LogP contribution in [0.1, 0.15) is 25.3 Å². The van der Waals surface area contributed by atoms with E-state index in [0.29, 0.717) is 25.0 Å². The summed E-state index contributed by atoms with van der Waals surface area (Å²) in [6.45, 7) is 13.4. The summed E-state index contributed by atoms with van der Waals surface area (Å²) in [6.07, 6.45) is 3.49. The summed E-state index contributed by atoms with van der Waals surface area (Å²) in [5.74, 6) is -1.37. The van der Waals surface area contributed by atoms with Crippen molar-refractivity contribution in [3.63, 3.8) is 0 Å². The number of carbonyl (C=O) groups excluding carboxylic acids is 3. The lowest BCUT2D eigenvalue weighted by atomic mass is 10.2. The Morgan fingerprint density at radius 1 is 0.943 bits per heavy atom. The highest BCUT2D eigenvalue weighted by atomic mass is 32.2. The molecule has 11 heteroatoms. The first kappa shape index (κ1) is 33.9. The molecule has 0 saturated heterocycles. The van der Waals surface area contributed by atoms with Crippen LogP contribution in [0, 0.1) is 6.92 Å². The number of methoxy groups -OCH3 is 1. The molecule has 0 aliphatic carbocycles. The van der Waals surface area contributed by atoms with Crippen molar-refractivity contribution in [2.75, 3.05) is 33.5 Å². The van der Waals surface area contributed by atoms with E-state index in [2.05, 4.69) is 33.9 Å². The van der Waals surface area contributed by atoms with Gasteiger partial charge in [-0.3, -0.25) is 4.18 Å². The molecule has 0 unspecified atom stereocenters. The quantitative estimate of drug-likeness (QED) is 0.145. The number of unbranched alkanes of at least 4 members (excludes halogenated alkanes) is 1. The molecule has 1 aromatic rings. The van der Waals surface area contributed by atoms with E-state index in [0.717, 1.165) is 17.7 Å². The van der Waals surface area contributed by atoms with Gasteiger partial charge in [0, 0.05) is 24.3 Å². The van der Waals surface area contributed by atoms with Crippen LogP contribution in [0.5, 0.6) is 0 Å². The summed E-state index contributed by atoms with van der Waals surface area (Å²) in [7, 11) is -2.47. The number of hydrogen-bond donors (Lipinski definition) is 1. The minimum atomic E-state index is -3.80. The highest BCUT2D eigenvalue weighted by Crippen LogP contribution is 2.12. The van der Waals surface area contributed by atoms with E-state index < -0.39 is 22.1 Å². The minimum absolute atomic E-state index is 0.0724. The summed E-state index contributed by atoms with van der Waals surface area (Å²) in [6, 6.07) is 6.27. The Hall–Kier alpha value is -3.28. The van der Waals surface area contributed by atoms with Gasteiger partial charge in [-0.15, -0.1) is 0 Å². The van der Waals surface area contributed by atoms with Crippen molar-refractivity contribution in [1.82, 2.24) is 0 Å². The molecular weight excluding hydrogens is 480 g/mol. The van der Waals surface area contributed by atoms with E-state index in [1.807, 2.05) is 6.92 Å². The third kappa shape index (κ3) is 18.8. The predicted octanol–water partition coefficient (Wildman–Crippen LogP) is 2.65. The number of carbonyl (C=O) groups is 3. The topological polar surface area (TPSA) is 142 Å². The molecule has 1 N–H and O–H groups in total. The van der Waals surface area contributed by atoms with Gasteiger partial charge in [0.05, 0.1) is 18.6 Å². The average Bonchev–Trinajstić information content (AvgIpc) is 2.84. The molecule has 0 atom stereocenters. The van der Waals surface area contributed by atoms with Crippen molar-refractivity contribution in [3.8, 4) is 0 Å². The van der Waals surface area contributed by atoms with Gasteiger partial charge < -0.3 is 19.3 Å².